The van der Waals surface area contributed by atoms with Gasteiger partial charge in [-0.2, -0.15) is 0 Å². The Morgan fingerprint density at radius 3 is 2.93 bits per heavy atom. The molecule has 7 heteroatoms. The summed E-state index contributed by atoms with van der Waals surface area (Å²) in [5.74, 6) is 0.137. The Hall–Kier alpha value is -2.41. The second-order valence-electron chi connectivity index (χ2n) is 6.95. The predicted octanol–water partition coefficient (Wildman–Crippen LogP) is 3.49. The molecule has 3 rings (SSSR count). The Morgan fingerprint density at radius 1 is 1.37 bits per heavy atom. The van der Waals surface area contributed by atoms with Crippen molar-refractivity contribution in [1.29, 1.82) is 0 Å². The number of benzene rings is 1. The van der Waals surface area contributed by atoms with Crippen LogP contribution in [0.4, 0.5) is 9.18 Å². The van der Waals surface area contributed by atoms with Gasteiger partial charge in [-0.1, -0.05) is 16.8 Å². The van der Waals surface area contributed by atoms with E-state index >= 15 is 0 Å². The Kier molecular flexibility index (Phi) is 6.11. The van der Waals surface area contributed by atoms with E-state index in [9.17, 15) is 9.18 Å². The third-order valence-electron chi connectivity index (χ3n) is 4.89. The molecular formula is C20H26FN3O3. The summed E-state index contributed by atoms with van der Waals surface area (Å²) in [6.45, 7) is 9.12. The summed E-state index contributed by atoms with van der Waals surface area (Å²) in [5, 5.41) is 4.09. The number of hydrogen-bond acceptors (Lipinski definition) is 5. The second kappa shape index (κ2) is 8.52. The van der Waals surface area contributed by atoms with E-state index in [0.717, 1.165) is 24.3 Å². The van der Waals surface area contributed by atoms with E-state index in [-0.39, 0.29) is 18.0 Å². The lowest BCUT2D eigenvalue weighted by atomic mass is 10.1. The van der Waals surface area contributed by atoms with Crippen molar-refractivity contribution in [3.8, 4) is 11.3 Å². The van der Waals surface area contributed by atoms with Gasteiger partial charge in [0.2, 0.25) is 0 Å². The molecule has 2 aromatic rings. The molecule has 1 aromatic carbocycles. The van der Waals surface area contributed by atoms with Gasteiger partial charge in [-0.3, -0.25) is 4.90 Å². The van der Waals surface area contributed by atoms with Gasteiger partial charge in [-0.15, -0.1) is 0 Å². The van der Waals surface area contributed by atoms with Crippen molar-refractivity contribution in [3.05, 3.63) is 41.3 Å². The highest BCUT2D eigenvalue weighted by Gasteiger charge is 2.27. The average Bonchev–Trinajstić information content (AvgIpc) is 3.11. The van der Waals surface area contributed by atoms with Crippen LogP contribution < -0.4 is 0 Å². The molecule has 2 heterocycles. The van der Waals surface area contributed by atoms with Crippen LogP contribution in [0, 0.1) is 12.7 Å². The van der Waals surface area contributed by atoms with E-state index in [1.54, 1.807) is 23.1 Å². The fourth-order valence-corrected chi connectivity index (χ4v) is 3.35. The van der Waals surface area contributed by atoms with E-state index in [4.69, 9.17) is 9.26 Å². The molecule has 1 saturated heterocycles. The number of hydrogen-bond donors (Lipinski definition) is 0. The lowest BCUT2D eigenvalue weighted by Crippen LogP contribution is -2.54. The van der Waals surface area contributed by atoms with E-state index in [1.807, 2.05) is 13.8 Å². The number of aryl methyl sites for hydroxylation is 1. The van der Waals surface area contributed by atoms with Gasteiger partial charge in [0.25, 0.3) is 0 Å². The first-order chi connectivity index (χ1) is 13.0. The molecule has 0 bridgehead atoms. The first-order valence-corrected chi connectivity index (χ1v) is 9.35. The minimum atomic E-state index is -0.313. The van der Waals surface area contributed by atoms with Crippen LogP contribution in [0.2, 0.25) is 0 Å². The van der Waals surface area contributed by atoms with Gasteiger partial charge in [0, 0.05) is 44.7 Å². The number of halogens is 1. The zero-order valence-electron chi connectivity index (χ0n) is 16.1. The van der Waals surface area contributed by atoms with Crippen LogP contribution in [-0.4, -0.2) is 59.9 Å². The molecule has 0 saturated carbocycles. The smallest absolute Gasteiger partial charge is 0.409 e. The molecule has 146 valence electrons. The van der Waals surface area contributed by atoms with Crippen molar-refractivity contribution in [3.63, 3.8) is 0 Å². The molecule has 1 atom stereocenters. The van der Waals surface area contributed by atoms with Crippen LogP contribution in [0.25, 0.3) is 11.3 Å². The Balaban J connectivity index is 1.56. The molecule has 0 aliphatic carbocycles. The maximum atomic E-state index is 14.0. The van der Waals surface area contributed by atoms with Crippen molar-refractivity contribution in [2.75, 3.05) is 32.8 Å². The van der Waals surface area contributed by atoms with E-state index in [1.165, 1.54) is 6.07 Å². The zero-order chi connectivity index (χ0) is 19.4. The number of rotatable bonds is 5. The third-order valence-corrected chi connectivity index (χ3v) is 4.89. The minimum absolute atomic E-state index is 0.240. The monoisotopic (exact) mass is 375 g/mol. The molecule has 1 aliphatic heterocycles. The van der Waals surface area contributed by atoms with Crippen molar-refractivity contribution in [1.82, 2.24) is 15.0 Å². The summed E-state index contributed by atoms with van der Waals surface area (Å²) in [7, 11) is 0. The second-order valence-corrected chi connectivity index (χ2v) is 6.95. The van der Waals surface area contributed by atoms with E-state index in [2.05, 4.69) is 17.0 Å². The van der Waals surface area contributed by atoms with Crippen molar-refractivity contribution in [2.45, 2.75) is 33.2 Å². The molecule has 27 heavy (non-hydrogen) atoms. The van der Waals surface area contributed by atoms with Crippen molar-refractivity contribution < 1.29 is 18.4 Å². The molecule has 1 aromatic heterocycles. The third kappa shape index (κ3) is 4.66. The Labute approximate surface area is 158 Å². The number of piperazine rings is 1. The number of carbonyl (C=O) groups excluding carboxylic acids is 1. The summed E-state index contributed by atoms with van der Waals surface area (Å²) in [6.07, 6.45) is 0.464. The molecule has 0 unspecified atom stereocenters. The van der Waals surface area contributed by atoms with Gasteiger partial charge in [-0.25, -0.2) is 9.18 Å². The molecule has 1 aliphatic rings. The largest absolute Gasteiger partial charge is 0.450 e. The van der Waals surface area contributed by atoms with E-state index in [0.29, 0.717) is 37.4 Å². The van der Waals surface area contributed by atoms with Gasteiger partial charge in [0.05, 0.1) is 17.9 Å². The first kappa shape index (κ1) is 19.4. The molecule has 0 radical (unpaired) electrons. The van der Waals surface area contributed by atoms with Gasteiger partial charge in [-0.05, 0) is 32.9 Å². The summed E-state index contributed by atoms with van der Waals surface area (Å²) in [5.41, 5.74) is 2.20. The first-order valence-electron chi connectivity index (χ1n) is 9.35. The predicted molar refractivity (Wildman–Crippen MR) is 100.0 cm³/mol. The summed E-state index contributed by atoms with van der Waals surface area (Å²) < 4.78 is 24.4. The average molecular weight is 375 g/mol. The summed E-state index contributed by atoms with van der Waals surface area (Å²) in [4.78, 5) is 15.9. The molecule has 0 spiro atoms. The van der Waals surface area contributed by atoms with Crippen LogP contribution in [-0.2, 0) is 11.2 Å². The summed E-state index contributed by atoms with van der Waals surface area (Å²) in [6, 6.07) is 6.97. The Morgan fingerprint density at radius 2 is 2.19 bits per heavy atom. The topological polar surface area (TPSA) is 58.8 Å². The maximum absolute atomic E-state index is 14.0. The standard InChI is InChI=1S/C20H26FN3O3/c1-4-26-20(25)24-10-9-23(15(3)13-24)8-7-16-12-19(27-22-16)17-11-14(2)5-6-18(17)21/h5-6,11-12,15H,4,7-10,13H2,1-3H3/t15-/m0/s1. The molecular weight excluding hydrogens is 349 g/mol. The van der Waals surface area contributed by atoms with Gasteiger partial charge in [0.15, 0.2) is 5.76 Å². The van der Waals surface area contributed by atoms with Crippen LogP contribution in [0.1, 0.15) is 25.1 Å². The van der Waals surface area contributed by atoms with E-state index < -0.39 is 0 Å². The van der Waals surface area contributed by atoms with Crippen molar-refractivity contribution in [2.24, 2.45) is 0 Å². The quantitative estimate of drug-likeness (QED) is 0.801. The molecule has 1 fully saturated rings. The van der Waals surface area contributed by atoms with Crippen LogP contribution in [0.3, 0.4) is 0 Å². The Bertz CT molecular complexity index is 793. The number of aromatic nitrogens is 1. The molecule has 0 N–H and O–H groups in total. The fourth-order valence-electron chi connectivity index (χ4n) is 3.35. The number of ether oxygens (including phenoxy) is 1. The van der Waals surface area contributed by atoms with Gasteiger partial charge >= 0.3 is 6.09 Å². The van der Waals surface area contributed by atoms with Crippen molar-refractivity contribution >= 4 is 6.09 Å². The van der Waals surface area contributed by atoms with Gasteiger partial charge < -0.3 is 14.2 Å². The number of nitrogens with zero attached hydrogens (tertiary/aromatic N) is 3. The maximum Gasteiger partial charge on any atom is 0.409 e. The summed E-state index contributed by atoms with van der Waals surface area (Å²) >= 11 is 0. The van der Waals surface area contributed by atoms with Crippen LogP contribution >= 0.6 is 0 Å². The number of amides is 1. The fraction of sp³-hybridized carbons (Fsp3) is 0.500. The zero-order valence-corrected chi connectivity index (χ0v) is 16.1. The normalized spacial score (nSPS) is 17.9. The SMILES string of the molecule is CCOC(=O)N1CCN(CCc2cc(-c3cc(C)ccc3F)on2)[C@@H](C)C1. The van der Waals surface area contributed by atoms with Crippen LogP contribution in [0.5, 0.6) is 0 Å². The highest BCUT2D eigenvalue weighted by atomic mass is 19.1. The lowest BCUT2D eigenvalue weighted by molar-refractivity contribution is 0.0579. The number of carbonyl (C=O) groups is 1. The molecule has 1 amide bonds. The van der Waals surface area contributed by atoms with Crippen LogP contribution in [0.15, 0.2) is 28.8 Å². The highest BCUT2D eigenvalue weighted by molar-refractivity contribution is 5.67. The molecule has 6 nitrogen and oxygen atoms in total. The van der Waals surface area contributed by atoms with Gasteiger partial charge in [0.1, 0.15) is 5.82 Å². The highest BCUT2D eigenvalue weighted by Crippen LogP contribution is 2.25. The minimum Gasteiger partial charge on any atom is -0.450 e. The lowest BCUT2D eigenvalue weighted by Gasteiger charge is -2.39.